The lowest BCUT2D eigenvalue weighted by Crippen LogP contribution is -2.54. The van der Waals surface area contributed by atoms with Crippen molar-refractivity contribution >= 4 is 45.5 Å². The van der Waals surface area contributed by atoms with Crippen LogP contribution in [0.1, 0.15) is 5.56 Å². The second-order valence-electron chi connectivity index (χ2n) is 5.18. The van der Waals surface area contributed by atoms with E-state index in [1.807, 2.05) is 0 Å². The quantitative estimate of drug-likeness (QED) is 0.634. The molecule has 1 heterocycles. The lowest BCUT2D eigenvalue weighted by Gasteiger charge is -2.26. The van der Waals surface area contributed by atoms with Gasteiger partial charge in [0.15, 0.2) is 0 Å². The number of barbiturate groups is 1. The van der Waals surface area contributed by atoms with Gasteiger partial charge in [0.25, 0.3) is 11.8 Å². The van der Waals surface area contributed by atoms with E-state index < -0.39 is 17.8 Å². The summed E-state index contributed by atoms with van der Waals surface area (Å²) in [4.78, 5) is 38.0. The SMILES string of the molecule is COc1ccccc1/C=C1/C(=O)NC(=O)N(c2ccc(Br)cc2)C1=O. The molecule has 1 aliphatic heterocycles. The maximum absolute atomic E-state index is 12.8. The maximum Gasteiger partial charge on any atom is 0.335 e. The standard InChI is InChI=1S/C18H13BrN2O4/c1-25-15-5-3-2-4-11(15)10-14-16(22)20-18(24)21(17(14)23)13-8-6-12(19)7-9-13/h2-10H,1H3,(H,20,22,24)/b14-10-. The van der Waals surface area contributed by atoms with E-state index in [-0.39, 0.29) is 5.57 Å². The third-order valence-electron chi connectivity index (χ3n) is 3.63. The average Bonchev–Trinajstić information content (AvgIpc) is 2.60. The Morgan fingerprint density at radius 2 is 1.72 bits per heavy atom. The zero-order valence-electron chi connectivity index (χ0n) is 13.2. The second kappa shape index (κ2) is 6.90. The normalized spacial score (nSPS) is 16.2. The molecule has 0 spiro atoms. The van der Waals surface area contributed by atoms with Gasteiger partial charge in [0.05, 0.1) is 12.8 Å². The number of carbonyl (C=O) groups is 3. The number of nitrogens with zero attached hydrogens (tertiary/aromatic N) is 1. The first-order valence-electron chi connectivity index (χ1n) is 7.31. The Hall–Kier alpha value is -2.93. The van der Waals surface area contributed by atoms with E-state index in [4.69, 9.17) is 4.74 Å². The topological polar surface area (TPSA) is 75.7 Å². The predicted octanol–water partition coefficient (Wildman–Crippen LogP) is 3.12. The molecule has 6 nitrogen and oxygen atoms in total. The van der Waals surface area contributed by atoms with Gasteiger partial charge < -0.3 is 4.74 Å². The molecular formula is C18H13BrN2O4. The van der Waals surface area contributed by atoms with Gasteiger partial charge in [0, 0.05) is 10.0 Å². The van der Waals surface area contributed by atoms with Gasteiger partial charge in [-0.2, -0.15) is 0 Å². The van der Waals surface area contributed by atoms with Crippen molar-refractivity contribution in [3.63, 3.8) is 0 Å². The molecule has 2 aromatic rings. The third-order valence-corrected chi connectivity index (χ3v) is 4.15. The molecule has 126 valence electrons. The summed E-state index contributed by atoms with van der Waals surface area (Å²) in [6, 6.07) is 12.8. The number of urea groups is 1. The number of carbonyl (C=O) groups excluding carboxylic acids is 3. The lowest BCUT2D eigenvalue weighted by molar-refractivity contribution is -0.122. The van der Waals surface area contributed by atoms with Crippen LogP contribution in [0.3, 0.4) is 0 Å². The summed E-state index contributed by atoms with van der Waals surface area (Å²) in [6.07, 6.45) is 1.41. The highest BCUT2D eigenvalue weighted by Crippen LogP contribution is 2.26. The van der Waals surface area contributed by atoms with E-state index in [2.05, 4.69) is 21.2 Å². The number of benzene rings is 2. The summed E-state index contributed by atoms with van der Waals surface area (Å²) < 4.78 is 6.04. The second-order valence-corrected chi connectivity index (χ2v) is 6.09. The molecule has 0 unspecified atom stereocenters. The van der Waals surface area contributed by atoms with Crippen molar-refractivity contribution in [1.29, 1.82) is 0 Å². The minimum Gasteiger partial charge on any atom is -0.496 e. The van der Waals surface area contributed by atoms with Gasteiger partial charge in [0.2, 0.25) is 0 Å². The monoisotopic (exact) mass is 400 g/mol. The number of nitrogens with one attached hydrogen (secondary N) is 1. The van der Waals surface area contributed by atoms with E-state index in [0.717, 1.165) is 9.37 Å². The van der Waals surface area contributed by atoms with Crippen LogP contribution in [0.4, 0.5) is 10.5 Å². The maximum atomic E-state index is 12.8. The Morgan fingerprint density at radius 1 is 1.04 bits per heavy atom. The molecular weight excluding hydrogens is 388 g/mol. The molecule has 0 aliphatic carbocycles. The van der Waals surface area contributed by atoms with E-state index in [1.165, 1.54) is 13.2 Å². The summed E-state index contributed by atoms with van der Waals surface area (Å²) >= 11 is 3.30. The first kappa shape index (κ1) is 16.9. The Kier molecular flexibility index (Phi) is 4.67. The number of halogens is 1. The molecule has 4 amide bonds. The molecule has 1 saturated heterocycles. The van der Waals surface area contributed by atoms with E-state index >= 15 is 0 Å². The summed E-state index contributed by atoms with van der Waals surface area (Å²) in [7, 11) is 1.50. The van der Waals surface area contributed by atoms with E-state index in [9.17, 15) is 14.4 Å². The van der Waals surface area contributed by atoms with Gasteiger partial charge in [-0.3, -0.25) is 14.9 Å². The van der Waals surface area contributed by atoms with Crippen molar-refractivity contribution in [2.75, 3.05) is 12.0 Å². The highest BCUT2D eigenvalue weighted by Gasteiger charge is 2.36. The van der Waals surface area contributed by atoms with Crippen LogP contribution in [0.2, 0.25) is 0 Å². The Balaban J connectivity index is 2.03. The summed E-state index contributed by atoms with van der Waals surface area (Å²) in [5, 5.41) is 2.19. The van der Waals surface area contributed by atoms with Crippen LogP contribution in [-0.2, 0) is 9.59 Å². The Bertz CT molecular complexity index is 890. The molecule has 3 rings (SSSR count). The fourth-order valence-corrected chi connectivity index (χ4v) is 2.69. The number of anilines is 1. The molecule has 1 aliphatic rings. The fourth-order valence-electron chi connectivity index (χ4n) is 2.42. The van der Waals surface area contributed by atoms with Crippen LogP contribution in [0.5, 0.6) is 5.75 Å². The van der Waals surface area contributed by atoms with Crippen LogP contribution >= 0.6 is 15.9 Å². The van der Waals surface area contributed by atoms with Crippen LogP contribution < -0.4 is 15.0 Å². The number of para-hydroxylation sites is 1. The molecule has 0 atom stereocenters. The average molecular weight is 401 g/mol. The number of rotatable bonds is 3. The van der Waals surface area contributed by atoms with Crippen molar-refractivity contribution in [2.24, 2.45) is 0 Å². The number of hydrogen-bond acceptors (Lipinski definition) is 4. The van der Waals surface area contributed by atoms with Crippen LogP contribution in [0.15, 0.2) is 58.6 Å². The van der Waals surface area contributed by atoms with Crippen LogP contribution in [0.25, 0.3) is 6.08 Å². The largest absolute Gasteiger partial charge is 0.496 e. The summed E-state index contributed by atoms with van der Waals surface area (Å²) in [5.41, 5.74) is 0.782. The van der Waals surface area contributed by atoms with E-state index in [1.54, 1.807) is 48.5 Å². The zero-order chi connectivity index (χ0) is 18.0. The van der Waals surface area contributed by atoms with Crippen LogP contribution in [0, 0.1) is 0 Å². The number of amides is 4. The van der Waals surface area contributed by atoms with Crippen molar-refractivity contribution < 1.29 is 19.1 Å². The summed E-state index contributed by atoms with van der Waals surface area (Å²) in [6.45, 7) is 0. The van der Waals surface area contributed by atoms with Crippen molar-refractivity contribution in [2.45, 2.75) is 0 Å². The van der Waals surface area contributed by atoms with E-state index in [0.29, 0.717) is 17.0 Å². The van der Waals surface area contributed by atoms with Gasteiger partial charge in [-0.25, -0.2) is 9.69 Å². The van der Waals surface area contributed by atoms with Crippen LogP contribution in [-0.4, -0.2) is 25.0 Å². The van der Waals surface area contributed by atoms with Gasteiger partial charge in [-0.1, -0.05) is 34.1 Å². The lowest BCUT2D eigenvalue weighted by atomic mass is 10.1. The minimum absolute atomic E-state index is 0.146. The zero-order valence-corrected chi connectivity index (χ0v) is 14.7. The van der Waals surface area contributed by atoms with Crippen molar-refractivity contribution in [3.05, 3.63) is 64.1 Å². The summed E-state index contributed by atoms with van der Waals surface area (Å²) in [5.74, 6) is -0.918. The first-order chi connectivity index (χ1) is 12.0. The Morgan fingerprint density at radius 3 is 2.40 bits per heavy atom. The number of ether oxygens (including phenoxy) is 1. The predicted molar refractivity (Wildman–Crippen MR) is 96.1 cm³/mol. The molecule has 7 heteroatoms. The fraction of sp³-hybridized carbons (Fsp3) is 0.0556. The smallest absolute Gasteiger partial charge is 0.335 e. The highest BCUT2D eigenvalue weighted by atomic mass is 79.9. The Labute approximate surface area is 152 Å². The highest BCUT2D eigenvalue weighted by molar-refractivity contribution is 9.10. The van der Waals surface area contributed by atoms with Gasteiger partial charge in [-0.15, -0.1) is 0 Å². The van der Waals surface area contributed by atoms with Gasteiger partial charge in [-0.05, 0) is 36.4 Å². The molecule has 25 heavy (non-hydrogen) atoms. The van der Waals surface area contributed by atoms with Crippen molar-refractivity contribution in [3.8, 4) is 5.75 Å². The van der Waals surface area contributed by atoms with Gasteiger partial charge in [0.1, 0.15) is 11.3 Å². The molecule has 0 saturated carbocycles. The number of hydrogen-bond donors (Lipinski definition) is 1. The molecule has 1 fully saturated rings. The molecule has 2 aromatic carbocycles. The molecule has 0 radical (unpaired) electrons. The minimum atomic E-state index is -0.783. The third kappa shape index (κ3) is 3.32. The van der Waals surface area contributed by atoms with Crippen molar-refractivity contribution in [1.82, 2.24) is 5.32 Å². The number of methoxy groups -OCH3 is 1. The molecule has 0 bridgehead atoms. The first-order valence-corrected chi connectivity index (χ1v) is 8.10. The van der Waals surface area contributed by atoms with Gasteiger partial charge >= 0.3 is 6.03 Å². The molecule has 1 N–H and O–H groups in total. The molecule has 0 aromatic heterocycles. The number of imide groups is 2.